The second-order valence-corrected chi connectivity index (χ2v) is 9.27. The van der Waals surface area contributed by atoms with Gasteiger partial charge in [-0.05, 0) is 81.5 Å². The van der Waals surface area contributed by atoms with Crippen LogP contribution in [0.25, 0.3) is 6.08 Å². The monoisotopic (exact) mass is 431 g/mol. The van der Waals surface area contributed by atoms with Gasteiger partial charge in [-0.25, -0.2) is 9.69 Å². The summed E-state index contributed by atoms with van der Waals surface area (Å²) in [7, 11) is 0. The Labute approximate surface area is 188 Å². The molecule has 1 N–H and O–H groups in total. The summed E-state index contributed by atoms with van der Waals surface area (Å²) in [5.74, 6) is -0.946. The molecule has 1 saturated heterocycles. The number of benzene rings is 2. The maximum absolute atomic E-state index is 13.1. The van der Waals surface area contributed by atoms with E-state index in [1.165, 1.54) is 11.3 Å². The van der Waals surface area contributed by atoms with Crippen LogP contribution in [0.4, 0.5) is 16.2 Å². The van der Waals surface area contributed by atoms with E-state index in [0.717, 1.165) is 29.0 Å². The number of nitrogens with zero attached hydrogens (tertiary/aromatic N) is 2. The molecule has 32 heavy (non-hydrogen) atoms. The second-order valence-electron chi connectivity index (χ2n) is 9.27. The van der Waals surface area contributed by atoms with Crippen LogP contribution >= 0.6 is 0 Å². The van der Waals surface area contributed by atoms with Gasteiger partial charge in [-0.3, -0.25) is 14.9 Å². The van der Waals surface area contributed by atoms with E-state index >= 15 is 0 Å². The van der Waals surface area contributed by atoms with Crippen molar-refractivity contribution in [2.75, 3.05) is 16.3 Å². The number of urea groups is 1. The van der Waals surface area contributed by atoms with Crippen LogP contribution in [0.15, 0.2) is 48.0 Å². The lowest BCUT2D eigenvalue weighted by Gasteiger charge is -2.47. The summed E-state index contributed by atoms with van der Waals surface area (Å²) >= 11 is 0. The molecule has 166 valence electrons. The number of nitrogens with one attached hydrogen (secondary N) is 1. The average molecular weight is 432 g/mol. The molecule has 2 aliphatic heterocycles. The normalized spacial score (nSPS) is 21.6. The van der Waals surface area contributed by atoms with Crippen molar-refractivity contribution in [1.29, 1.82) is 0 Å². The fourth-order valence-corrected chi connectivity index (χ4v) is 4.95. The summed E-state index contributed by atoms with van der Waals surface area (Å²) in [4.78, 5) is 41.5. The minimum Gasteiger partial charge on any atom is -0.366 e. The molecule has 1 unspecified atom stereocenters. The van der Waals surface area contributed by atoms with Gasteiger partial charge < -0.3 is 4.90 Å². The number of barbiturate groups is 1. The molecule has 0 bridgehead atoms. The zero-order valence-electron chi connectivity index (χ0n) is 19.2. The van der Waals surface area contributed by atoms with E-state index in [2.05, 4.69) is 50.0 Å². The molecule has 0 aromatic heterocycles. The number of anilines is 2. The highest BCUT2D eigenvalue weighted by atomic mass is 16.2. The van der Waals surface area contributed by atoms with Gasteiger partial charge in [-0.2, -0.15) is 0 Å². The standard InChI is InChI=1S/C26H29N3O3/c1-6-28-22-12-9-18(13-20(22)17(3)15-26(28,4)5)14-21-23(30)27-25(32)29(24(21)31)19-10-7-16(2)8-11-19/h7-14,17H,6,15H2,1-5H3,(H,27,30,32)/b21-14+. The summed E-state index contributed by atoms with van der Waals surface area (Å²) in [6.07, 6.45) is 2.59. The molecule has 2 aromatic carbocycles. The molecule has 0 aliphatic carbocycles. The lowest BCUT2D eigenvalue weighted by Crippen LogP contribution is -2.54. The van der Waals surface area contributed by atoms with E-state index in [1.54, 1.807) is 18.2 Å². The molecule has 6 nitrogen and oxygen atoms in total. The van der Waals surface area contributed by atoms with Crippen molar-refractivity contribution in [3.63, 3.8) is 0 Å². The van der Waals surface area contributed by atoms with Gasteiger partial charge >= 0.3 is 6.03 Å². The number of rotatable bonds is 3. The SMILES string of the molecule is CCN1c2ccc(/C=C3\C(=O)NC(=O)N(c4ccc(C)cc4)C3=O)cc2C(C)CC1(C)C. The zero-order chi connectivity index (χ0) is 23.2. The molecule has 6 heteroatoms. The summed E-state index contributed by atoms with van der Waals surface area (Å²) in [5.41, 5.74) is 4.61. The number of imide groups is 2. The maximum atomic E-state index is 13.1. The van der Waals surface area contributed by atoms with Gasteiger partial charge in [0.05, 0.1) is 5.69 Å². The van der Waals surface area contributed by atoms with Gasteiger partial charge in [0.2, 0.25) is 0 Å². The molecule has 2 heterocycles. The first kappa shape index (κ1) is 21.8. The molecule has 4 rings (SSSR count). The number of carbonyl (C=O) groups is 3. The Balaban J connectivity index is 1.72. The molecule has 0 radical (unpaired) electrons. The zero-order valence-corrected chi connectivity index (χ0v) is 19.2. The molecular formula is C26H29N3O3. The third kappa shape index (κ3) is 3.70. The third-order valence-electron chi connectivity index (χ3n) is 6.43. The van der Waals surface area contributed by atoms with Crippen LogP contribution in [0.3, 0.4) is 0 Å². The van der Waals surface area contributed by atoms with Crippen molar-refractivity contribution in [2.45, 2.75) is 52.5 Å². The highest BCUT2D eigenvalue weighted by Crippen LogP contribution is 2.43. The number of hydrogen-bond acceptors (Lipinski definition) is 4. The van der Waals surface area contributed by atoms with Crippen LogP contribution in [-0.4, -0.2) is 29.9 Å². The van der Waals surface area contributed by atoms with Crippen LogP contribution in [0.5, 0.6) is 0 Å². The van der Waals surface area contributed by atoms with Gasteiger partial charge in [0.25, 0.3) is 11.8 Å². The van der Waals surface area contributed by atoms with Crippen LogP contribution in [0, 0.1) is 6.92 Å². The van der Waals surface area contributed by atoms with E-state index in [4.69, 9.17) is 0 Å². The van der Waals surface area contributed by atoms with Crippen LogP contribution < -0.4 is 15.1 Å². The number of carbonyl (C=O) groups excluding carboxylic acids is 3. The minimum atomic E-state index is -0.735. The molecule has 0 spiro atoms. The highest BCUT2D eigenvalue weighted by molar-refractivity contribution is 6.39. The van der Waals surface area contributed by atoms with Crippen molar-refractivity contribution in [1.82, 2.24) is 5.32 Å². The van der Waals surface area contributed by atoms with Gasteiger partial charge in [0.1, 0.15) is 5.57 Å². The van der Waals surface area contributed by atoms with Gasteiger partial charge in [0.15, 0.2) is 0 Å². The van der Waals surface area contributed by atoms with Gasteiger partial charge in [-0.15, -0.1) is 0 Å². The summed E-state index contributed by atoms with van der Waals surface area (Å²) in [6.45, 7) is 11.7. The first-order chi connectivity index (χ1) is 15.1. The van der Waals surface area contributed by atoms with E-state index in [0.29, 0.717) is 11.6 Å². The molecule has 1 fully saturated rings. The highest BCUT2D eigenvalue weighted by Gasteiger charge is 2.38. The maximum Gasteiger partial charge on any atom is 0.335 e. The first-order valence-electron chi connectivity index (χ1n) is 11.0. The van der Waals surface area contributed by atoms with Crippen LogP contribution in [-0.2, 0) is 9.59 Å². The van der Waals surface area contributed by atoms with Crippen molar-refractivity contribution in [3.8, 4) is 0 Å². The van der Waals surface area contributed by atoms with Crippen molar-refractivity contribution >= 4 is 35.3 Å². The van der Waals surface area contributed by atoms with E-state index in [9.17, 15) is 14.4 Å². The number of aryl methyl sites for hydroxylation is 1. The number of hydrogen-bond donors (Lipinski definition) is 1. The van der Waals surface area contributed by atoms with E-state index < -0.39 is 17.8 Å². The summed E-state index contributed by atoms with van der Waals surface area (Å²) in [5, 5.41) is 2.29. The number of amides is 4. The van der Waals surface area contributed by atoms with Gasteiger partial charge in [-0.1, -0.05) is 30.7 Å². The molecule has 4 amide bonds. The van der Waals surface area contributed by atoms with Crippen molar-refractivity contribution in [2.24, 2.45) is 0 Å². The topological polar surface area (TPSA) is 69.7 Å². The second kappa shape index (κ2) is 7.93. The van der Waals surface area contributed by atoms with E-state index in [-0.39, 0.29) is 11.1 Å². The van der Waals surface area contributed by atoms with Gasteiger partial charge in [0, 0.05) is 17.8 Å². The predicted octanol–water partition coefficient (Wildman–Crippen LogP) is 4.77. The Bertz CT molecular complexity index is 1130. The van der Waals surface area contributed by atoms with Crippen LogP contribution in [0.2, 0.25) is 0 Å². The predicted molar refractivity (Wildman–Crippen MR) is 127 cm³/mol. The summed E-state index contributed by atoms with van der Waals surface area (Å²) < 4.78 is 0. The first-order valence-corrected chi connectivity index (χ1v) is 11.0. The lowest BCUT2D eigenvalue weighted by atomic mass is 9.79. The third-order valence-corrected chi connectivity index (χ3v) is 6.43. The average Bonchev–Trinajstić information content (AvgIpc) is 2.72. The molecule has 0 saturated carbocycles. The Morgan fingerprint density at radius 3 is 2.44 bits per heavy atom. The summed E-state index contributed by atoms with van der Waals surface area (Å²) in [6, 6.07) is 12.3. The Hall–Kier alpha value is -3.41. The Kier molecular flexibility index (Phi) is 5.41. The fourth-order valence-electron chi connectivity index (χ4n) is 4.95. The van der Waals surface area contributed by atoms with E-state index in [1.807, 2.05) is 25.1 Å². The molecule has 2 aromatic rings. The minimum absolute atomic E-state index is 0.0544. The molecular weight excluding hydrogens is 402 g/mol. The fraction of sp³-hybridized carbons (Fsp3) is 0.346. The quantitative estimate of drug-likeness (QED) is 0.561. The van der Waals surface area contributed by atoms with Crippen molar-refractivity contribution < 1.29 is 14.4 Å². The Morgan fingerprint density at radius 1 is 1.09 bits per heavy atom. The smallest absolute Gasteiger partial charge is 0.335 e. The Morgan fingerprint density at radius 2 is 1.78 bits per heavy atom. The lowest BCUT2D eigenvalue weighted by molar-refractivity contribution is -0.122. The molecule has 2 aliphatic rings. The largest absolute Gasteiger partial charge is 0.366 e. The number of fused-ring (bicyclic) bond motifs is 1. The van der Waals surface area contributed by atoms with Crippen molar-refractivity contribution in [3.05, 3.63) is 64.7 Å². The molecule has 1 atom stereocenters. The van der Waals surface area contributed by atoms with Crippen LogP contribution in [0.1, 0.15) is 56.7 Å².